The number of aromatic nitrogens is 1. The van der Waals surface area contributed by atoms with E-state index in [-0.39, 0.29) is 0 Å². The molecule has 54 heavy (non-hydrogen) atoms. The molecule has 0 radical (unpaired) electrons. The van der Waals surface area contributed by atoms with Crippen LogP contribution in [0.25, 0.3) is 71.6 Å². The van der Waals surface area contributed by atoms with Crippen LogP contribution >= 0.6 is 0 Å². The number of hydrogen-bond donors (Lipinski definition) is 0. The summed E-state index contributed by atoms with van der Waals surface area (Å²) in [4.78, 5) is 2.47. The van der Waals surface area contributed by atoms with Gasteiger partial charge in [-0.3, -0.25) is 0 Å². The van der Waals surface area contributed by atoms with E-state index >= 15 is 0 Å². The van der Waals surface area contributed by atoms with E-state index in [4.69, 9.17) is 0 Å². The Morgan fingerprint density at radius 3 is 1.63 bits per heavy atom. The molecule has 0 aliphatic heterocycles. The van der Waals surface area contributed by atoms with E-state index in [1.165, 1.54) is 54.8 Å². The van der Waals surface area contributed by atoms with Crippen LogP contribution in [0, 0.1) is 0 Å². The van der Waals surface area contributed by atoms with Crippen molar-refractivity contribution < 1.29 is 0 Å². The lowest BCUT2D eigenvalue weighted by Crippen LogP contribution is -2.13. The summed E-state index contributed by atoms with van der Waals surface area (Å²) >= 11 is 0. The maximum atomic E-state index is 2.47. The van der Waals surface area contributed by atoms with Gasteiger partial charge in [0.25, 0.3) is 0 Å². The van der Waals surface area contributed by atoms with Gasteiger partial charge in [0.05, 0.1) is 33.8 Å². The van der Waals surface area contributed by atoms with Crippen molar-refractivity contribution in [2.24, 2.45) is 0 Å². The lowest BCUT2D eigenvalue weighted by molar-refractivity contribution is 1.18. The first-order chi connectivity index (χ1) is 26.8. The zero-order valence-corrected chi connectivity index (χ0v) is 29.7. The Morgan fingerprint density at radius 1 is 0.296 bits per heavy atom. The van der Waals surface area contributed by atoms with Crippen molar-refractivity contribution in [3.05, 3.63) is 218 Å². The molecular formula is C52H36N2. The lowest BCUT2D eigenvalue weighted by atomic mass is 9.97. The number of rotatable bonds is 7. The van der Waals surface area contributed by atoms with Gasteiger partial charge in [0.15, 0.2) is 0 Å². The fourth-order valence-corrected chi connectivity index (χ4v) is 8.16. The molecule has 0 bridgehead atoms. The Kier molecular flexibility index (Phi) is 7.85. The number of para-hydroxylation sites is 4. The maximum Gasteiger partial charge on any atom is 0.0547 e. The standard InChI is InChI=1S/C52H36N2/c1-3-18-37(19-4-1)40-34-35-46-45-28-12-16-32-51(45)54(52(46)36-40)50-31-15-11-27-44(50)43-26-10-14-30-49(43)53(48-33-17-23-39-22-7-8-24-42(39)48)47-29-13-9-25-41(47)38-20-5-2-6-21-38/h1-36H. The summed E-state index contributed by atoms with van der Waals surface area (Å²) in [7, 11) is 0. The quantitative estimate of drug-likeness (QED) is 0.162. The zero-order valence-electron chi connectivity index (χ0n) is 29.7. The average Bonchev–Trinajstić information content (AvgIpc) is 3.58. The summed E-state index contributed by atoms with van der Waals surface area (Å²) in [6.45, 7) is 0. The van der Waals surface area contributed by atoms with Gasteiger partial charge in [-0.1, -0.05) is 182 Å². The van der Waals surface area contributed by atoms with Gasteiger partial charge in [0.1, 0.15) is 0 Å². The van der Waals surface area contributed by atoms with Crippen molar-refractivity contribution >= 4 is 49.6 Å². The zero-order chi connectivity index (χ0) is 35.8. The van der Waals surface area contributed by atoms with Gasteiger partial charge in [-0.2, -0.15) is 0 Å². The molecule has 2 heteroatoms. The highest BCUT2D eigenvalue weighted by atomic mass is 15.1. The molecule has 1 aromatic heterocycles. The molecule has 2 nitrogen and oxygen atoms in total. The Bertz CT molecular complexity index is 2930. The predicted octanol–water partition coefficient (Wildman–Crippen LogP) is 14.4. The number of anilines is 3. The molecule has 0 spiro atoms. The molecule has 0 saturated carbocycles. The van der Waals surface area contributed by atoms with Crippen molar-refractivity contribution in [3.8, 4) is 39.1 Å². The molecule has 0 N–H and O–H groups in total. The van der Waals surface area contributed by atoms with E-state index in [1.54, 1.807) is 0 Å². The third-order valence-electron chi connectivity index (χ3n) is 10.6. The van der Waals surface area contributed by atoms with Crippen LogP contribution in [0.1, 0.15) is 0 Å². The molecule has 10 aromatic rings. The highest BCUT2D eigenvalue weighted by molar-refractivity contribution is 6.11. The van der Waals surface area contributed by atoms with Crippen LogP contribution in [-0.2, 0) is 0 Å². The molecule has 0 aliphatic carbocycles. The molecule has 0 aliphatic rings. The van der Waals surface area contributed by atoms with Crippen LogP contribution in [0.15, 0.2) is 218 Å². The first-order valence-corrected chi connectivity index (χ1v) is 18.5. The Labute approximate surface area is 315 Å². The van der Waals surface area contributed by atoms with Gasteiger partial charge in [0.2, 0.25) is 0 Å². The Morgan fingerprint density at radius 2 is 0.833 bits per heavy atom. The van der Waals surface area contributed by atoms with Crippen molar-refractivity contribution in [1.29, 1.82) is 0 Å². The molecule has 0 unspecified atom stereocenters. The maximum absolute atomic E-state index is 2.47. The first-order valence-electron chi connectivity index (χ1n) is 18.5. The largest absolute Gasteiger partial charge is 0.309 e. The highest BCUT2D eigenvalue weighted by Gasteiger charge is 2.24. The summed E-state index contributed by atoms with van der Waals surface area (Å²) in [5, 5.41) is 4.88. The lowest BCUT2D eigenvalue weighted by Gasteiger charge is -2.31. The highest BCUT2D eigenvalue weighted by Crippen LogP contribution is 2.48. The number of hydrogen-bond acceptors (Lipinski definition) is 1. The van der Waals surface area contributed by atoms with E-state index in [1.807, 2.05) is 0 Å². The SMILES string of the molecule is c1ccc(-c2ccc3c4ccccc4n(-c4ccccc4-c4ccccc4N(c4ccccc4-c4ccccc4)c4cccc5ccccc45)c3c2)cc1. The van der Waals surface area contributed by atoms with Crippen molar-refractivity contribution in [1.82, 2.24) is 4.57 Å². The molecule has 254 valence electrons. The normalized spacial score (nSPS) is 11.3. The molecular weight excluding hydrogens is 653 g/mol. The monoisotopic (exact) mass is 688 g/mol. The summed E-state index contributed by atoms with van der Waals surface area (Å²) in [5.41, 5.74) is 13.9. The van der Waals surface area contributed by atoms with Crippen LogP contribution in [0.5, 0.6) is 0 Å². The third kappa shape index (κ3) is 5.36. The second-order valence-corrected chi connectivity index (χ2v) is 13.7. The van der Waals surface area contributed by atoms with Gasteiger partial charge < -0.3 is 9.47 Å². The number of benzene rings is 9. The Hall–Kier alpha value is -7.16. The predicted molar refractivity (Wildman–Crippen MR) is 229 cm³/mol. The smallest absolute Gasteiger partial charge is 0.0547 e. The first kappa shape index (κ1) is 31.6. The van der Waals surface area contributed by atoms with E-state index < -0.39 is 0 Å². The van der Waals surface area contributed by atoms with Gasteiger partial charge in [-0.05, 0) is 58.5 Å². The van der Waals surface area contributed by atoms with Crippen molar-refractivity contribution in [2.45, 2.75) is 0 Å². The molecule has 0 amide bonds. The van der Waals surface area contributed by atoms with Crippen LogP contribution < -0.4 is 4.90 Å². The molecule has 1 heterocycles. The molecule has 10 rings (SSSR count). The van der Waals surface area contributed by atoms with Crippen LogP contribution in [0.3, 0.4) is 0 Å². The van der Waals surface area contributed by atoms with E-state index in [9.17, 15) is 0 Å². The number of nitrogens with zero attached hydrogens (tertiary/aromatic N) is 2. The topological polar surface area (TPSA) is 8.17 Å². The molecule has 9 aromatic carbocycles. The molecule has 0 fully saturated rings. The van der Waals surface area contributed by atoms with Gasteiger partial charge in [0, 0.05) is 32.8 Å². The fourth-order valence-electron chi connectivity index (χ4n) is 8.16. The second kappa shape index (κ2) is 13.4. The Balaban J connectivity index is 1.25. The van der Waals surface area contributed by atoms with Crippen molar-refractivity contribution in [3.63, 3.8) is 0 Å². The average molecular weight is 689 g/mol. The van der Waals surface area contributed by atoms with E-state index in [0.29, 0.717) is 0 Å². The summed E-state index contributed by atoms with van der Waals surface area (Å²) < 4.78 is 2.46. The van der Waals surface area contributed by atoms with Crippen LogP contribution in [0.4, 0.5) is 17.1 Å². The summed E-state index contributed by atoms with van der Waals surface area (Å²) in [6, 6.07) is 78.9. The minimum absolute atomic E-state index is 1.11. The minimum atomic E-state index is 1.11. The summed E-state index contributed by atoms with van der Waals surface area (Å²) in [5.74, 6) is 0. The molecule has 0 saturated heterocycles. The summed E-state index contributed by atoms with van der Waals surface area (Å²) in [6.07, 6.45) is 0. The van der Waals surface area contributed by atoms with E-state index in [0.717, 1.165) is 33.9 Å². The third-order valence-corrected chi connectivity index (χ3v) is 10.6. The van der Waals surface area contributed by atoms with Crippen LogP contribution in [0.2, 0.25) is 0 Å². The number of fused-ring (bicyclic) bond motifs is 4. The van der Waals surface area contributed by atoms with Gasteiger partial charge in [-0.15, -0.1) is 0 Å². The molecule has 0 atom stereocenters. The van der Waals surface area contributed by atoms with Crippen LogP contribution in [-0.4, -0.2) is 4.57 Å². The fraction of sp³-hybridized carbons (Fsp3) is 0. The van der Waals surface area contributed by atoms with E-state index in [2.05, 4.69) is 228 Å². The van der Waals surface area contributed by atoms with Crippen molar-refractivity contribution in [2.75, 3.05) is 4.90 Å². The minimum Gasteiger partial charge on any atom is -0.309 e. The van der Waals surface area contributed by atoms with Gasteiger partial charge >= 0.3 is 0 Å². The van der Waals surface area contributed by atoms with Gasteiger partial charge in [-0.25, -0.2) is 0 Å². The second-order valence-electron chi connectivity index (χ2n) is 13.7.